The molecule has 1 heterocycles. The predicted molar refractivity (Wildman–Crippen MR) is 54.7 cm³/mol. The zero-order chi connectivity index (χ0) is 10.6. The lowest BCUT2D eigenvalue weighted by atomic mass is 9.99. The number of aromatic nitrogens is 2. The van der Waals surface area contributed by atoms with E-state index >= 15 is 0 Å². The van der Waals surface area contributed by atoms with Crippen molar-refractivity contribution in [1.29, 1.82) is 5.26 Å². The Hall–Kier alpha value is -1.05. The first-order chi connectivity index (χ1) is 6.53. The highest BCUT2D eigenvalue weighted by Crippen LogP contribution is 2.10. The maximum atomic E-state index is 8.68. The number of nitrogens with two attached hydrogens (primary N) is 1. The minimum absolute atomic E-state index is 0.626. The minimum atomic E-state index is -0.739. The first-order valence-electron chi connectivity index (χ1n) is 4.41. The van der Waals surface area contributed by atoms with Gasteiger partial charge in [0.15, 0.2) is 0 Å². The van der Waals surface area contributed by atoms with Crippen LogP contribution in [0.1, 0.15) is 19.8 Å². The van der Waals surface area contributed by atoms with Gasteiger partial charge in [-0.1, -0.05) is 11.6 Å². The lowest BCUT2D eigenvalue weighted by Crippen LogP contribution is -2.34. The average Bonchev–Trinajstić information content (AvgIpc) is 2.51. The van der Waals surface area contributed by atoms with Crippen molar-refractivity contribution in [2.24, 2.45) is 5.73 Å². The van der Waals surface area contributed by atoms with Crippen molar-refractivity contribution in [3.05, 3.63) is 17.4 Å². The first-order valence-corrected chi connectivity index (χ1v) is 4.79. The van der Waals surface area contributed by atoms with Crippen LogP contribution in [0.5, 0.6) is 0 Å². The maximum Gasteiger partial charge on any atom is 0.101 e. The standard InChI is InChI=1S/C9H13ClN4/c1-9(12,7-11)3-2-4-14-6-8(10)5-13-14/h5-6H,2-4,12H2,1H3. The van der Waals surface area contributed by atoms with Crippen LogP contribution >= 0.6 is 11.6 Å². The van der Waals surface area contributed by atoms with Crippen molar-refractivity contribution in [2.75, 3.05) is 0 Å². The molecule has 0 bridgehead atoms. The van der Waals surface area contributed by atoms with Crippen LogP contribution in [-0.4, -0.2) is 15.3 Å². The number of hydrogen-bond acceptors (Lipinski definition) is 3. The third-order valence-corrected chi connectivity index (χ3v) is 2.14. The van der Waals surface area contributed by atoms with E-state index in [9.17, 15) is 0 Å². The van der Waals surface area contributed by atoms with Gasteiger partial charge in [0.1, 0.15) is 5.54 Å². The topological polar surface area (TPSA) is 67.6 Å². The lowest BCUT2D eigenvalue weighted by molar-refractivity contribution is 0.472. The average molecular weight is 213 g/mol. The molecule has 0 spiro atoms. The Morgan fingerprint density at radius 3 is 3.00 bits per heavy atom. The van der Waals surface area contributed by atoms with E-state index in [1.54, 1.807) is 24.0 Å². The lowest BCUT2D eigenvalue weighted by Gasteiger charge is -2.14. The van der Waals surface area contributed by atoms with Crippen molar-refractivity contribution < 1.29 is 0 Å². The summed E-state index contributed by atoms with van der Waals surface area (Å²) in [6.07, 6.45) is 4.81. The molecule has 0 aromatic carbocycles. The molecule has 0 aliphatic heterocycles. The van der Waals surface area contributed by atoms with E-state index in [-0.39, 0.29) is 0 Å². The van der Waals surface area contributed by atoms with E-state index in [0.717, 1.165) is 13.0 Å². The number of rotatable bonds is 4. The molecule has 0 saturated carbocycles. The maximum absolute atomic E-state index is 8.68. The van der Waals surface area contributed by atoms with Crippen molar-refractivity contribution >= 4 is 11.6 Å². The number of nitriles is 1. The van der Waals surface area contributed by atoms with Gasteiger partial charge in [0, 0.05) is 12.7 Å². The summed E-state index contributed by atoms with van der Waals surface area (Å²) in [6, 6.07) is 2.05. The molecule has 76 valence electrons. The van der Waals surface area contributed by atoms with E-state index in [1.165, 1.54) is 0 Å². The molecular formula is C9H13ClN4. The monoisotopic (exact) mass is 212 g/mol. The second-order valence-corrected chi connectivity index (χ2v) is 3.99. The molecule has 0 aliphatic carbocycles. The first kappa shape index (κ1) is 11.0. The zero-order valence-corrected chi connectivity index (χ0v) is 8.83. The molecule has 0 amide bonds. The fourth-order valence-corrected chi connectivity index (χ4v) is 1.28. The normalized spacial score (nSPS) is 14.7. The van der Waals surface area contributed by atoms with Crippen LogP contribution in [0.25, 0.3) is 0 Å². The third kappa shape index (κ3) is 3.36. The Morgan fingerprint density at radius 1 is 1.79 bits per heavy atom. The molecule has 1 unspecified atom stereocenters. The fourth-order valence-electron chi connectivity index (χ4n) is 1.12. The second kappa shape index (κ2) is 4.45. The van der Waals surface area contributed by atoms with Crippen LogP contribution in [0.2, 0.25) is 5.02 Å². The van der Waals surface area contributed by atoms with Gasteiger partial charge in [-0.3, -0.25) is 4.68 Å². The Kier molecular flexibility index (Phi) is 3.50. The summed E-state index contributed by atoms with van der Waals surface area (Å²) >= 11 is 5.70. The summed E-state index contributed by atoms with van der Waals surface area (Å²) in [5, 5.41) is 13.3. The molecule has 14 heavy (non-hydrogen) atoms. The summed E-state index contributed by atoms with van der Waals surface area (Å²) in [7, 11) is 0. The molecule has 5 heteroatoms. The van der Waals surface area contributed by atoms with Crippen molar-refractivity contribution in [3.8, 4) is 6.07 Å². The number of hydrogen-bond donors (Lipinski definition) is 1. The fraction of sp³-hybridized carbons (Fsp3) is 0.556. The van der Waals surface area contributed by atoms with Crippen LogP contribution in [-0.2, 0) is 6.54 Å². The van der Waals surface area contributed by atoms with Gasteiger partial charge in [0.25, 0.3) is 0 Å². The molecule has 0 saturated heterocycles. The number of halogens is 1. The van der Waals surface area contributed by atoms with Crippen LogP contribution < -0.4 is 5.73 Å². The number of nitrogens with zero attached hydrogens (tertiary/aromatic N) is 3. The molecule has 0 radical (unpaired) electrons. The van der Waals surface area contributed by atoms with E-state index in [1.807, 2.05) is 0 Å². The van der Waals surface area contributed by atoms with Gasteiger partial charge in [-0.25, -0.2) is 0 Å². The summed E-state index contributed by atoms with van der Waals surface area (Å²) in [6.45, 7) is 2.46. The van der Waals surface area contributed by atoms with Crippen LogP contribution in [0.15, 0.2) is 12.4 Å². The summed E-state index contributed by atoms with van der Waals surface area (Å²) < 4.78 is 1.75. The smallest absolute Gasteiger partial charge is 0.101 e. The van der Waals surface area contributed by atoms with Gasteiger partial charge in [0.2, 0.25) is 0 Å². The van der Waals surface area contributed by atoms with Crippen molar-refractivity contribution in [3.63, 3.8) is 0 Å². The SMILES string of the molecule is CC(N)(C#N)CCCn1cc(Cl)cn1. The molecule has 0 aliphatic rings. The molecular weight excluding hydrogens is 200 g/mol. The van der Waals surface area contributed by atoms with Gasteiger partial charge in [-0.05, 0) is 19.8 Å². The van der Waals surface area contributed by atoms with Gasteiger partial charge in [0.05, 0.1) is 17.3 Å². The van der Waals surface area contributed by atoms with E-state index < -0.39 is 5.54 Å². The molecule has 1 atom stereocenters. The van der Waals surface area contributed by atoms with Gasteiger partial charge in [-0.15, -0.1) is 0 Å². The van der Waals surface area contributed by atoms with Crippen LogP contribution in [0.3, 0.4) is 0 Å². The summed E-state index contributed by atoms with van der Waals surface area (Å²) in [5.41, 5.74) is 4.93. The van der Waals surface area contributed by atoms with E-state index in [2.05, 4.69) is 11.2 Å². The molecule has 2 N–H and O–H groups in total. The minimum Gasteiger partial charge on any atom is -0.314 e. The van der Waals surface area contributed by atoms with Gasteiger partial charge in [-0.2, -0.15) is 10.4 Å². The Balaban J connectivity index is 2.33. The molecule has 0 fully saturated rings. The molecule has 1 rings (SSSR count). The van der Waals surface area contributed by atoms with Crippen LogP contribution in [0.4, 0.5) is 0 Å². The molecule has 1 aromatic heterocycles. The zero-order valence-electron chi connectivity index (χ0n) is 8.07. The second-order valence-electron chi connectivity index (χ2n) is 3.55. The summed E-state index contributed by atoms with van der Waals surface area (Å²) in [4.78, 5) is 0. The summed E-state index contributed by atoms with van der Waals surface area (Å²) in [5.74, 6) is 0. The highest BCUT2D eigenvalue weighted by molar-refractivity contribution is 6.30. The van der Waals surface area contributed by atoms with Gasteiger partial charge >= 0.3 is 0 Å². The Labute approximate surface area is 88.3 Å². The largest absolute Gasteiger partial charge is 0.314 e. The van der Waals surface area contributed by atoms with Crippen molar-refractivity contribution in [2.45, 2.75) is 31.8 Å². The highest BCUT2D eigenvalue weighted by atomic mass is 35.5. The third-order valence-electron chi connectivity index (χ3n) is 1.94. The Morgan fingerprint density at radius 2 is 2.50 bits per heavy atom. The highest BCUT2D eigenvalue weighted by Gasteiger charge is 2.16. The van der Waals surface area contributed by atoms with Gasteiger partial charge < -0.3 is 5.73 Å². The van der Waals surface area contributed by atoms with Crippen molar-refractivity contribution in [1.82, 2.24) is 9.78 Å². The van der Waals surface area contributed by atoms with E-state index in [0.29, 0.717) is 11.4 Å². The quantitative estimate of drug-likeness (QED) is 0.824. The molecule has 1 aromatic rings. The number of aryl methyl sites for hydroxylation is 1. The molecule has 4 nitrogen and oxygen atoms in total. The van der Waals surface area contributed by atoms with E-state index in [4.69, 9.17) is 22.6 Å². The Bertz CT molecular complexity index is 337. The predicted octanol–water partition coefficient (Wildman–Crippen LogP) is 1.56. The van der Waals surface area contributed by atoms with Crippen LogP contribution in [0, 0.1) is 11.3 Å².